The third-order valence-corrected chi connectivity index (χ3v) is 18.0. The number of unbranched alkanes of at least 4 members (excludes halogenated alkanes) is 1. The molecular weight excluding hydrogens is 1240 g/mol. The number of rotatable bonds is 26. The van der Waals surface area contributed by atoms with Gasteiger partial charge in [0, 0.05) is 50.1 Å². The first-order chi connectivity index (χ1) is 42.1. The van der Waals surface area contributed by atoms with Gasteiger partial charge in [-0.25, -0.2) is 23.4 Å². The van der Waals surface area contributed by atoms with Crippen LogP contribution >= 0.6 is 15.6 Å². The molecule has 42 heteroatoms. The minimum absolute atomic E-state index is 0.0268. The number of hydrogen-bond donors (Lipinski definition) is 17. The van der Waals surface area contributed by atoms with E-state index >= 15 is 0 Å². The highest BCUT2D eigenvalue weighted by atomic mass is 31.2. The van der Waals surface area contributed by atoms with E-state index in [1.54, 1.807) is 0 Å². The number of phosphoric acid groups is 2. The van der Waals surface area contributed by atoms with Gasteiger partial charge in [-0.05, 0) is 37.8 Å². The summed E-state index contributed by atoms with van der Waals surface area (Å²) in [4.78, 5) is 53.8. The summed E-state index contributed by atoms with van der Waals surface area (Å²) >= 11 is 0. The lowest BCUT2D eigenvalue weighted by Gasteiger charge is -2.47. The van der Waals surface area contributed by atoms with Gasteiger partial charge >= 0.3 is 27.0 Å². The standard InChI is InChI=1S/C47H78N14O26P2/c48-12-23-35(65)37(67)32(53)43(81-23)85-41-25(15-62)83-45(39(41)69)86-42-34(64)19(49)9-20(50)40(42)84-44-33(54)38(68)36(66)24(82-44)14-59-13-18(57-58-59)3-1-2-8-76-88(72,73)77-17-27-22(11-31(80-27)61-7-5-29(52)56-47(61)71)87-89(74,75)78-16-26-21(63)10-30(79-26)60-6-4-28(51)55-46(60)70/h4-7,13,19-27,30-45,62-69H,1-3,8-12,14-17,48-50,53-54H2,(H,72,73)(H,74,75)(H2,51,55,70)(H2,52,56,71)/t19-,20+,21+,22+,23+,24-,25-,26-,27-,30-,31-,32-,33-,34+,35-,36-,37-,38-,39-,40-,41-,42-,43-,44-,45+/m1/s1. The highest BCUT2D eigenvalue weighted by Gasteiger charge is 2.55. The summed E-state index contributed by atoms with van der Waals surface area (Å²) in [6, 6.07) is -2.11. The minimum Gasteiger partial charge on any atom is -0.394 e. The minimum atomic E-state index is -5.08. The Labute approximate surface area is 504 Å². The van der Waals surface area contributed by atoms with Crippen LogP contribution in [0, 0.1) is 0 Å². The number of nitrogen functional groups attached to an aromatic ring is 2. The normalized spacial score (nSPS) is 39.9. The average molecular weight is 1320 g/mol. The van der Waals surface area contributed by atoms with E-state index in [0.29, 0.717) is 12.1 Å². The topological polar surface area (TPSA) is 630 Å². The number of anilines is 2. The van der Waals surface area contributed by atoms with Gasteiger partial charge in [0.25, 0.3) is 0 Å². The molecule has 5 aliphatic heterocycles. The van der Waals surface area contributed by atoms with Crippen molar-refractivity contribution in [1.82, 2.24) is 34.1 Å². The molecule has 1 aliphatic carbocycles. The van der Waals surface area contributed by atoms with Crippen LogP contribution in [0.2, 0.25) is 0 Å². The molecule has 8 heterocycles. The van der Waals surface area contributed by atoms with Crippen molar-refractivity contribution in [3.8, 4) is 0 Å². The number of phosphoric ester groups is 2. The summed E-state index contributed by atoms with van der Waals surface area (Å²) in [5.41, 5.74) is 40.8. The van der Waals surface area contributed by atoms with Crippen LogP contribution in [0.15, 0.2) is 40.3 Å². The lowest BCUT2D eigenvalue weighted by molar-refractivity contribution is -0.309. The van der Waals surface area contributed by atoms with Crippen LogP contribution in [0.5, 0.6) is 0 Å². The number of aliphatic hydroxyl groups excluding tert-OH is 8. The van der Waals surface area contributed by atoms with Crippen molar-refractivity contribution in [3.63, 3.8) is 0 Å². The summed E-state index contributed by atoms with van der Waals surface area (Å²) < 4.78 is 98.1. The second-order valence-electron chi connectivity index (χ2n) is 22.3. The van der Waals surface area contributed by atoms with Gasteiger partial charge in [0.15, 0.2) is 18.9 Å². The Morgan fingerprint density at radius 1 is 0.607 bits per heavy atom. The third kappa shape index (κ3) is 16.5. The number of aryl methyl sites for hydroxylation is 1. The zero-order valence-corrected chi connectivity index (χ0v) is 49.2. The largest absolute Gasteiger partial charge is 0.472 e. The molecule has 6 fully saturated rings. The van der Waals surface area contributed by atoms with Gasteiger partial charge in [-0.2, -0.15) is 9.97 Å². The average Bonchev–Trinajstić information content (AvgIpc) is 2.19. The van der Waals surface area contributed by atoms with Crippen molar-refractivity contribution in [1.29, 1.82) is 0 Å². The molecule has 502 valence electrons. The van der Waals surface area contributed by atoms with Crippen LogP contribution in [0.4, 0.5) is 11.6 Å². The molecule has 24 N–H and O–H groups in total. The van der Waals surface area contributed by atoms with Gasteiger partial charge < -0.3 is 129 Å². The van der Waals surface area contributed by atoms with Gasteiger partial charge in [-0.15, -0.1) is 5.10 Å². The molecule has 27 atom stereocenters. The van der Waals surface area contributed by atoms with E-state index in [1.807, 2.05) is 0 Å². The van der Waals surface area contributed by atoms with Gasteiger partial charge in [-0.3, -0.25) is 27.2 Å². The Hall–Kier alpha value is -4.12. The number of hydrogen-bond acceptors (Lipinski definition) is 35. The van der Waals surface area contributed by atoms with Crippen LogP contribution in [-0.2, 0) is 78.1 Å². The molecule has 0 amide bonds. The summed E-state index contributed by atoms with van der Waals surface area (Å²) in [5, 5.41) is 94.9. The van der Waals surface area contributed by atoms with E-state index in [0.717, 1.165) is 9.13 Å². The second-order valence-corrected chi connectivity index (χ2v) is 25.1. The molecule has 40 nitrogen and oxygen atoms in total. The van der Waals surface area contributed by atoms with Crippen LogP contribution in [-0.4, -0.2) is 258 Å². The molecule has 9 rings (SSSR count). The number of nitrogens with two attached hydrogens (primary N) is 7. The predicted octanol–water partition coefficient (Wildman–Crippen LogP) is -8.99. The van der Waals surface area contributed by atoms with Gasteiger partial charge in [0.1, 0.15) is 110 Å². The van der Waals surface area contributed by atoms with Gasteiger partial charge in [0.2, 0.25) is 0 Å². The number of aliphatic hydroxyl groups is 8. The van der Waals surface area contributed by atoms with E-state index in [2.05, 4.69) is 20.3 Å². The first-order valence-electron chi connectivity index (χ1n) is 28.3. The SMILES string of the molecule is NC[C@@H]1O[C@H](O[C@H]2[C@@H](O)[C@H](O[C@@H]3[C@@H](O)[C@H](N)C[C@H](N)[C@H]3O[C@H]3O[C@H](Cn4cc(CCCCOP(=O)(O)OC[C@H]5O[C@@H](n6ccc(N)nc6=O)C[C@@H]5OP(=O)(O)OC[C@H]5O[C@@H](n6ccc(N)nc6=O)C[C@@H]5O)nn4)[C@@H](O)[C@H](O)[C@H]3N)O[C@@H]2CO)[C@H](N)[C@@H](O)[C@@H]1O. The fraction of sp³-hybridized carbons (Fsp3) is 0.787. The lowest BCUT2D eigenvalue weighted by atomic mass is 9.84. The summed E-state index contributed by atoms with van der Waals surface area (Å²) in [6.07, 6.45) is -25.2. The summed E-state index contributed by atoms with van der Waals surface area (Å²) in [7, 11) is -9.95. The van der Waals surface area contributed by atoms with Gasteiger partial charge in [0.05, 0.1) is 63.0 Å². The fourth-order valence-electron chi connectivity index (χ4n) is 11.0. The Bertz CT molecular complexity index is 3040. The van der Waals surface area contributed by atoms with Crippen molar-refractivity contribution >= 4 is 27.3 Å². The number of aromatic nitrogens is 7. The molecule has 3 aromatic rings. The van der Waals surface area contributed by atoms with Gasteiger partial charge in [-0.1, -0.05) is 5.21 Å². The van der Waals surface area contributed by atoms with E-state index < -0.39 is 200 Å². The second kappa shape index (κ2) is 29.4. The van der Waals surface area contributed by atoms with Crippen molar-refractivity contribution in [2.45, 2.75) is 198 Å². The summed E-state index contributed by atoms with van der Waals surface area (Å²) in [6.45, 7) is -2.98. The molecule has 1 saturated carbocycles. The number of ether oxygens (including phenoxy) is 8. The molecule has 5 saturated heterocycles. The molecule has 0 aromatic carbocycles. The zero-order valence-electron chi connectivity index (χ0n) is 47.4. The molecule has 6 aliphatic rings. The van der Waals surface area contributed by atoms with E-state index in [-0.39, 0.29) is 63.4 Å². The Balaban J connectivity index is 0.748. The van der Waals surface area contributed by atoms with Crippen molar-refractivity contribution in [3.05, 3.63) is 57.4 Å². The molecule has 3 aromatic heterocycles. The smallest absolute Gasteiger partial charge is 0.394 e. The highest BCUT2D eigenvalue weighted by Crippen LogP contribution is 2.50. The predicted molar refractivity (Wildman–Crippen MR) is 294 cm³/mol. The van der Waals surface area contributed by atoms with Crippen LogP contribution < -0.4 is 51.5 Å². The maximum atomic E-state index is 13.3. The van der Waals surface area contributed by atoms with Crippen LogP contribution in [0.1, 0.15) is 50.3 Å². The Morgan fingerprint density at radius 3 is 1.80 bits per heavy atom. The highest BCUT2D eigenvalue weighted by molar-refractivity contribution is 7.47. The lowest BCUT2D eigenvalue weighted by Crippen LogP contribution is -2.68. The van der Waals surface area contributed by atoms with Crippen molar-refractivity contribution in [2.24, 2.45) is 28.7 Å². The molecular formula is C47H78N14O26P2. The summed E-state index contributed by atoms with van der Waals surface area (Å²) in [5.74, 6) is -0.152. The fourth-order valence-corrected chi connectivity index (χ4v) is 12.8. The van der Waals surface area contributed by atoms with Crippen molar-refractivity contribution < 1.29 is 116 Å². The maximum absolute atomic E-state index is 13.3. The van der Waals surface area contributed by atoms with E-state index in [1.165, 1.54) is 35.4 Å². The Kier molecular flexibility index (Phi) is 22.9. The first kappa shape index (κ1) is 69.2. The quantitative estimate of drug-likeness (QED) is 0.0262. The first-order valence-corrected chi connectivity index (χ1v) is 31.3. The molecule has 2 unspecified atom stereocenters. The Morgan fingerprint density at radius 2 is 1.17 bits per heavy atom. The molecule has 0 bridgehead atoms. The number of nitrogens with zero attached hydrogens (tertiary/aromatic N) is 7. The maximum Gasteiger partial charge on any atom is 0.472 e. The van der Waals surface area contributed by atoms with E-state index in [4.69, 9.17) is 96.1 Å². The third-order valence-electron chi connectivity index (χ3n) is 16.0. The van der Waals surface area contributed by atoms with E-state index in [9.17, 15) is 69.4 Å². The zero-order chi connectivity index (χ0) is 64.4. The molecule has 0 spiro atoms. The van der Waals surface area contributed by atoms with Crippen LogP contribution in [0.3, 0.4) is 0 Å². The monoisotopic (exact) mass is 1320 g/mol. The molecule has 0 radical (unpaired) electrons. The van der Waals surface area contributed by atoms with Crippen molar-refractivity contribution in [2.75, 3.05) is 44.4 Å². The van der Waals surface area contributed by atoms with Crippen LogP contribution in [0.25, 0.3) is 0 Å². The molecule has 89 heavy (non-hydrogen) atoms.